The minimum absolute atomic E-state index is 0.235. The van der Waals surface area contributed by atoms with Crippen LogP contribution in [-0.4, -0.2) is 10.3 Å². The van der Waals surface area contributed by atoms with E-state index in [0.29, 0.717) is 0 Å². The Bertz CT molecular complexity index is 1050. The Balaban J connectivity index is 1.95. The summed E-state index contributed by atoms with van der Waals surface area (Å²) in [5.74, 6) is 0.287. The minimum atomic E-state index is -0.379. The predicted octanol–water partition coefficient (Wildman–Crippen LogP) is 8.08. The molecule has 154 valence electrons. The zero-order chi connectivity index (χ0) is 21.5. The minimum Gasteiger partial charge on any atom is -0.0640 e. The highest BCUT2D eigenvalue weighted by molar-refractivity contribution is 7.68. The van der Waals surface area contributed by atoms with E-state index in [1.807, 2.05) is 0 Å². The van der Waals surface area contributed by atoms with Crippen molar-refractivity contribution >= 4 is 24.9 Å². The van der Waals surface area contributed by atoms with Gasteiger partial charge in [0.05, 0.1) is 0 Å². The van der Waals surface area contributed by atoms with Crippen molar-refractivity contribution in [2.24, 2.45) is 0 Å². The molecule has 0 aliphatic heterocycles. The molecule has 4 rings (SSSR count). The molecule has 0 radical (unpaired) electrons. The summed E-state index contributed by atoms with van der Waals surface area (Å²) in [6.07, 6.45) is 2.41. The maximum absolute atomic E-state index is 2.41. The van der Waals surface area contributed by atoms with E-state index < -0.39 is 0 Å². The second-order valence-electron chi connectivity index (χ2n) is 10.3. The van der Waals surface area contributed by atoms with Gasteiger partial charge in [0.2, 0.25) is 0 Å². The van der Waals surface area contributed by atoms with Gasteiger partial charge in [0.25, 0.3) is 0 Å². The fourth-order valence-corrected chi connectivity index (χ4v) is 9.36. The molecule has 1 unspecified atom stereocenters. The van der Waals surface area contributed by atoms with E-state index in [9.17, 15) is 0 Å². The molecule has 0 saturated heterocycles. The Morgan fingerprint density at radius 3 is 1.77 bits per heavy atom. The summed E-state index contributed by atoms with van der Waals surface area (Å²) in [5, 5.41) is 2.02. The summed E-state index contributed by atoms with van der Waals surface area (Å²) in [5.41, 5.74) is 7.01. The van der Waals surface area contributed by atoms with Gasteiger partial charge in [-0.3, -0.25) is 0 Å². The second kappa shape index (κ2) is 7.82. The highest BCUT2D eigenvalue weighted by Gasteiger charge is 2.39. The first-order valence-electron chi connectivity index (χ1n) is 10.9. The number of allylic oxidation sites excluding steroid dienone is 1. The van der Waals surface area contributed by atoms with Crippen molar-refractivity contribution in [3.8, 4) is 0 Å². The van der Waals surface area contributed by atoms with Crippen LogP contribution < -0.4 is 5.30 Å². The summed E-state index contributed by atoms with van der Waals surface area (Å²) in [4.78, 5) is 0. The van der Waals surface area contributed by atoms with Crippen molar-refractivity contribution in [2.45, 2.75) is 57.8 Å². The number of fused-ring (bicyclic) bond motifs is 1. The van der Waals surface area contributed by atoms with Gasteiger partial charge < -0.3 is 0 Å². The van der Waals surface area contributed by atoms with Crippen molar-refractivity contribution in [1.82, 2.24) is 0 Å². The standard InChI is InChI=1S/C29H33P/c1-28(2,3)30(29(4,5)6)26-19-13-12-18-24(26)27-23-17-11-10-16-22(23)20-25(27)21-14-8-7-9-15-21/h7-20,27H,1-6H3. The largest absolute Gasteiger partial charge is 0.0640 e. The molecule has 0 spiro atoms. The first-order valence-corrected chi connectivity index (χ1v) is 12.3. The van der Waals surface area contributed by atoms with Crippen LogP contribution in [0, 0.1) is 0 Å². The third kappa shape index (κ3) is 3.91. The molecule has 0 N–H and O–H groups in total. The van der Waals surface area contributed by atoms with Crippen molar-refractivity contribution < 1.29 is 0 Å². The highest BCUT2D eigenvalue weighted by atomic mass is 31.1. The molecular formula is C29H33P. The van der Waals surface area contributed by atoms with Crippen LogP contribution in [0.1, 0.15) is 69.7 Å². The highest BCUT2D eigenvalue weighted by Crippen LogP contribution is 2.60. The molecule has 3 aromatic rings. The SMILES string of the molecule is CC(C)(C)P(c1ccccc1C1C(c2ccccc2)=Cc2ccccc21)C(C)(C)C. The fourth-order valence-electron chi connectivity index (χ4n) is 5.20. The lowest BCUT2D eigenvalue weighted by atomic mass is 9.85. The normalized spacial score (nSPS) is 16.5. The predicted molar refractivity (Wildman–Crippen MR) is 135 cm³/mol. The monoisotopic (exact) mass is 412 g/mol. The molecule has 1 aliphatic rings. The molecule has 0 heterocycles. The summed E-state index contributed by atoms with van der Waals surface area (Å²) in [6.45, 7) is 14.5. The zero-order valence-corrected chi connectivity index (χ0v) is 20.0. The van der Waals surface area contributed by atoms with Crippen LogP contribution in [0.4, 0.5) is 0 Å². The van der Waals surface area contributed by atoms with E-state index in [1.54, 1.807) is 5.30 Å². The van der Waals surface area contributed by atoms with Gasteiger partial charge in [-0.05, 0) is 49.5 Å². The van der Waals surface area contributed by atoms with Crippen molar-refractivity contribution in [2.75, 3.05) is 0 Å². The first-order chi connectivity index (χ1) is 14.2. The van der Waals surface area contributed by atoms with E-state index in [0.717, 1.165) is 0 Å². The Labute approximate surface area is 183 Å². The Kier molecular flexibility index (Phi) is 5.50. The van der Waals surface area contributed by atoms with Crippen LogP contribution in [0.5, 0.6) is 0 Å². The van der Waals surface area contributed by atoms with Gasteiger partial charge in [-0.25, -0.2) is 0 Å². The van der Waals surface area contributed by atoms with Gasteiger partial charge in [-0.15, -0.1) is 0 Å². The average Bonchev–Trinajstić information content (AvgIpc) is 3.06. The molecule has 30 heavy (non-hydrogen) atoms. The van der Waals surface area contributed by atoms with E-state index in [4.69, 9.17) is 0 Å². The number of benzene rings is 3. The summed E-state index contributed by atoms with van der Waals surface area (Å²) in [7, 11) is -0.379. The van der Waals surface area contributed by atoms with Crippen LogP contribution in [-0.2, 0) is 0 Å². The molecule has 0 nitrogen and oxygen atoms in total. The smallest absolute Gasteiger partial charge is 0.0358 e. The quantitative estimate of drug-likeness (QED) is 0.381. The van der Waals surface area contributed by atoms with Crippen LogP contribution in [0.25, 0.3) is 11.6 Å². The van der Waals surface area contributed by atoms with E-state index >= 15 is 0 Å². The van der Waals surface area contributed by atoms with Crippen LogP contribution in [0.2, 0.25) is 0 Å². The van der Waals surface area contributed by atoms with E-state index in [1.165, 1.54) is 27.8 Å². The second-order valence-corrected chi connectivity index (χ2v) is 14.1. The molecule has 1 aliphatic carbocycles. The summed E-state index contributed by atoms with van der Waals surface area (Å²) >= 11 is 0. The van der Waals surface area contributed by atoms with Crippen LogP contribution >= 0.6 is 7.92 Å². The van der Waals surface area contributed by atoms with Gasteiger partial charge in [0.1, 0.15) is 0 Å². The zero-order valence-electron chi connectivity index (χ0n) is 19.1. The lowest BCUT2D eigenvalue weighted by Gasteiger charge is -2.43. The molecule has 0 fully saturated rings. The van der Waals surface area contributed by atoms with Gasteiger partial charge in [0, 0.05) is 5.92 Å². The third-order valence-electron chi connectivity index (χ3n) is 5.87. The number of rotatable bonds is 3. The molecule has 1 atom stereocenters. The van der Waals surface area contributed by atoms with E-state index in [2.05, 4.69) is 126 Å². The van der Waals surface area contributed by atoms with E-state index in [-0.39, 0.29) is 24.2 Å². The lowest BCUT2D eigenvalue weighted by molar-refractivity contribution is 0.714. The summed E-state index contributed by atoms with van der Waals surface area (Å²) in [6, 6.07) is 29.1. The fraction of sp³-hybridized carbons (Fsp3) is 0.310. The molecule has 0 aromatic heterocycles. The Hall–Kier alpha value is -2.17. The Morgan fingerprint density at radius 2 is 1.13 bits per heavy atom. The Morgan fingerprint density at radius 1 is 0.600 bits per heavy atom. The molecule has 0 saturated carbocycles. The maximum atomic E-state index is 2.41. The van der Waals surface area contributed by atoms with Crippen molar-refractivity contribution in [3.05, 3.63) is 101 Å². The van der Waals surface area contributed by atoms with Gasteiger partial charge in [0.15, 0.2) is 0 Å². The molecule has 0 bridgehead atoms. The third-order valence-corrected chi connectivity index (χ3v) is 9.44. The number of hydrogen-bond acceptors (Lipinski definition) is 0. The van der Waals surface area contributed by atoms with Gasteiger partial charge in [-0.2, -0.15) is 0 Å². The van der Waals surface area contributed by atoms with Gasteiger partial charge in [-0.1, -0.05) is 128 Å². The summed E-state index contributed by atoms with van der Waals surface area (Å²) < 4.78 is 0. The lowest BCUT2D eigenvalue weighted by Crippen LogP contribution is -2.33. The molecule has 1 heteroatoms. The van der Waals surface area contributed by atoms with Crippen molar-refractivity contribution in [1.29, 1.82) is 0 Å². The molecular weight excluding hydrogens is 379 g/mol. The first kappa shape index (κ1) is 21.1. The number of hydrogen-bond donors (Lipinski definition) is 0. The van der Waals surface area contributed by atoms with Crippen molar-refractivity contribution in [3.63, 3.8) is 0 Å². The average molecular weight is 413 g/mol. The molecule has 3 aromatic carbocycles. The maximum Gasteiger partial charge on any atom is 0.0358 e. The van der Waals surface area contributed by atoms with Gasteiger partial charge >= 0.3 is 0 Å². The van der Waals surface area contributed by atoms with Crippen LogP contribution in [0.3, 0.4) is 0 Å². The molecule has 0 amide bonds. The topological polar surface area (TPSA) is 0 Å². The van der Waals surface area contributed by atoms with Crippen LogP contribution in [0.15, 0.2) is 78.9 Å².